The molecule has 1 aliphatic heterocycles. The molecule has 2 aromatic heterocycles. The van der Waals surface area contributed by atoms with E-state index in [1.807, 2.05) is 16.5 Å². The molecule has 2 aromatic rings. The van der Waals surface area contributed by atoms with Gasteiger partial charge in [0.2, 0.25) is 5.13 Å². The third-order valence-corrected chi connectivity index (χ3v) is 5.82. The average Bonchev–Trinajstić information content (AvgIpc) is 3.26. The molecule has 1 saturated carbocycles. The highest BCUT2D eigenvalue weighted by Gasteiger charge is 2.38. The van der Waals surface area contributed by atoms with Gasteiger partial charge in [-0.15, -0.1) is 11.3 Å². The lowest BCUT2D eigenvalue weighted by Crippen LogP contribution is -2.29. The second-order valence-electron chi connectivity index (χ2n) is 6.31. The number of rotatable bonds is 3. The maximum absolute atomic E-state index is 12.6. The fraction of sp³-hybridized carbons (Fsp3) is 0.562. The number of carbonyl (C=O) groups is 1. The molecule has 4 rings (SSSR count). The first-order chi connectivity index (χ1) is 10.7. The van der Waals surface area contributed by atoms with Crippen molar-refractivity contribution in [2.24, 2.45) is 11.8 Å². The van der Waals surface area contributed by atoms with Crippen LogP contribution in [0, 0.1) is 11.8 Å². The number of hydrogen-bond donors (Lipinski definition) is 0. The maximum Gasteiger partial charge on any atom is 0.257 e. The van der Waals surface area contributed by atoms with Crippen LogP contribution in [0.2, 0.25) is 0 Å². The molecule has 0 radical (unpaired) electrons. The SMILES string of the molecule is CCc1csc(-n2cc(C(=O)N3C[C@H]4CCC[C@H]4C3)cn2)n1. The minimum Gasteiger partial charge on any atom is -0.338 e. The summed E-state index contributed by atoms with van der Waals surface area (Å²) in [6, 6.07) is 0. The van der Waals surface area contributed by atoms with Gasteiger partial charge in [-0.3, -0.25) is 4.79 Å². The molecule has 22 heavy (non-hydrogen) atoms. The summed E-state index contributed by atoms with van der Waals surface area (Å²) >= 11 is 1.56. The van der Waals surface area contributed by atoms with Gasteiger partial charge in [0.1, 0.15) is 0 Å². The molecule has 0 aromatic carbocycles. The van der Waals surface area contributed by atoms with Crippen molar-refractivity contribution < 1.29 is 4.79 Å². The highest BCUT2D eigenvalue weighted by molar-refractivity contribution is 7.12. The Hall–Kier alpha value is -1.69. The van der Waals surface area contributed by atoms with E-state index in [1.165, 1.54) is 19.3 Å². The molecule has 0 unspecified atom stereocenters. The molecule has 116 valence electrons. The number of fused-ring (bicyclic) bond motifs is 1. The van der Waals surface area contributed by atoms with Crippen LogP contribution >= 0.6 is 11.3 Å². The Bertz CT molecular complexity index is 680. The largest absolute Gasteiger partial charge is 0.338 e. The minimum absolute atomic E-state index is 0.118. The zero-order valence-corrected chi connectivity index (χ0v) is 13.6. The van der Waals surface area contributed by atoms with Crippen LogP contribution in [0.3, 0.4) is 0 Å². The van der Waals surface area contributed by atoms with Crippen LogP contribution in [0.25, 0.3) is 5.13 Å². The number of likely N-dealkylation sites (tertiary alicyclic amines) is 1. The van der Waals surface area contributed by atoms with Crippen LogP contribution in [0.4, 0.5) is 0 Å². The Morgan fingerprint density at radius 2 is 2.14 bits per heavy atom. The first-order valence-electron chi connectivity index (χ1n) is 8.03. The molecular weight excluding hydrogens is 296 g/mol. The number of aryl methyl sites for hydroxylation is 1. The molecule has 1 aliphatic carbocycles. The van der Waals surface area contributed by atoms with Gasteiger partial charge in [0.05, 0.1) is 17.5 Å². The molecule has 6 heteroatoms. The Morgan fingerprint density at radius 1 is 1.36 bits per heavy atom. The molecule has 0 bridgehead atoms. The van der Waals surface area contributed by atoms with E-state index in [-0.39, 0.29) is 5.91 Å². The average molecular weight is 316 g/mol. The van der Waals surface area contributed by atoms with Gasteiger partial charge < -0.3 is 4.90 Å². The number of amides is 1. The summed E-state index contributed by atoms with van der Waals surface area (Å²) in [7, 11) is 0. The number of hydrogen-bond acceptors (Lipinski definition) is 4. The number of nitrogens with zero attached hydrogens (tertiary/aromatic N) is 4. The van der Waals surface area contributed by atoms with Crippen molar-refractivity contribution in [3.05, 3.63) is 29.0 Å². The molecule has 0 N–H and O–H groups in total. The van der Waals surface area contributed by atoms with Crippen molar-refractivity contribution in [3.63, 3.8) is 0 Å². The van der Waals surface area contributed by atoms with Crippen LogP contribution in [-0.4, -0.2) is 38.7 Å². The minimum atomic E-state index is 0.118. The third kappa shape index (κ3) is 2.35. The predicted octanol–water partition coefficient (Wildman–Crippen LogP) is 2.76. The molecule has 5 nitrogen and oxygen atoms in total. The zero-order chi connectivity index (χ0) is 15.1. The van der Waals surface area contributed by atoms with E-state index in [0.29, 0.717) is 5.56 Å². The predicted molar refractivity (Wildman–Crippen MR) is 85.3 cm³/mol. The van der Waals surface area contributed by atoms with Crippen LogP contribution < -0.4 is 0 Å². The van der Waals surface area contributed by atoms with Crippen molar-refractivity contribution in [1.82, 2.24) is 19.7 Å². The summed E-state index contributed by atoms with van der Waals surface area (Å²) in [6.45, 7) is 3.93. The summed E-state index contributed by atoms with van der Waals surface area (Å²) in [4.78, 5) is 19.2. The smallest absolute Gasteiger partial charge is 0.257 e. The van der Waals surface area contributed by atoms with E-state index in [2.05, 4.69) is 17.0 Å². The molecule has 1 saturated heterocycles. The molecular formula is C16H20N4OS. The molecule has 2 aliphatic rings. The van der Waals surface area contributed by atoms with Gasteiger partial charge in [-0.25, -0.2) is 9.67 Å². The van der Waals surface area contributed by atoms with Gasteiger partial charge in [0.15, 0.2) is 0 Å². The van der Waals surface area contributed by atoms with Gasteiger partial charge in [-0.05, 0) is 31.1 Å². The second-order valence-corrected chi connectivity index (χ2v) is 7.15. The Labute approximate surface area is 134 Å². The summed E-state index contributed by atoms with van der Waals surface area (Å²) < 4.78 is 1.72. The van der Waals surface area contributed by atoms with Crippen LogP contribution in [-0.2, 0) is 6.42 Å². The van der Waals surface area contributed by atoms with Gasteiger partial charge in [0, 0.05) is 24.7 Å². The van der Waals surface area contributed by atoms with Crippen molar-refractivity contribution in [2.75, 3.05) is 13.1 Å². The summed E-state index contributed by atoms with van der Waals surface area (Å²) in [5.41, 5.74) is 1.74. The number of aromatic nitrogens is 3. The monoisotopic (exact) mass is 316 g/mol. The van der Waals surface area contributed by atoms with Crippen molar-refractivity contribution in [2.45, 2.75) is 32.6 Å². The van der Waals surface area contributed by atoms with Crippen molar-refractivity contribution in [3.8, 4) is 5.13 Å². The highest BCUT2D eigenvalue weighted by atomic mass is 32.1. The first-order valence-corrected chi connectivity index (χ1v) is 8.91. The summed E-state index contributed by atoms with van der Waals surface area (Å²) in [5.74, 6) is 1.57. The van der Waals surface area contributed by atoms with Crippen LogP contribution in [0.15, 0.2) is 17.8 Å². The van der Waals surface area contributed by atoms with Gasteiger partial charge in [0.25, 0.3) is 5.91 Å². The highest BCUT2D eigenvalue weighted by Crippen LogP contribution is 2.38. The van der Waals surface area contributed by atoms with E-state index in [0.717, 1.165) is 42.2 Å². The fourth-order valence-electron chi connectivity index (χ4n) is 3.69. The first kappa shape index (κ1) is 13.9. The normalized spacial score (nSPS) is 24.0. The molecule has 3 heterocycles. The lowest BCUT2D eigenvalue weighted by Gasteiger charge is -2.15. The Balaban J connectivity index is 1.50. The fourth-order valence-corrected chi connectivity index (χ4v) is 4.52. The molecule has 1 amide bonds. The van der Waals surface area contributed by atoms with E-state index >= 15 is 0 Å². The van der Waals surface area contributed by atoms with Crippen molar-refractivity contribution in [1.29, 1.82) is 0 Å². The lowest BCUT2D eigenvalue weighted by molar-refractivity contribution is 0.0780. The Morgan fingerprint density at radius 3 is 2.82 bits per heavy atom. The van der Waals surface area contributed by atoms with E-state index in [9.17, 15) is 4.79 Å². The third-order valence-electron chi connectivity index (χ3n) is 4.94. The molecule has 2 atom stereocenters. The van der Waals surface area contributed by atoms with Crippen molar-refractivity contribution >= 4 is 17.2 Å². The standard InChI is InChI=1S/C16H20N4OS/c1-2-14-10-22-16(18-14)20-9-13(6-17-20)15(21)19-7-11-4-3-5-12(11)8-19/h6,9-12H,2-5,7-8H2,1H3/t11-,12+. The lowest BCUT2D eigenvalue weighted by atomic mass is 10.0. The van der Waals surface area contributed by atoms with Crippen LogP contribution in [0.5, 0.6) is 0 Å². The maximum atomic E-state index is 12.6. The Kier molecular flexibility index (Phi) is 3.48. The van der Waals surface area contributed by atoms with Gasteiger partial charge in [-0.1, -0.05) is 13.3 Å². The molecule has 2 fully saturated rings. The number of carbonyl (C=O) groups excluding carboxylic acids is 1. The van der Waals surface area contributed by atoms with Crippen LogP contribution in [0.1, 0.15) is 42.2 Å². The molecule has 0 spiro atoms. The topological polar surface area (TPSA) is 51.0 Å². The summed E-state index contributed by atoms with van der Waals surface area (Å²) in [5, 5.41) is 7.19. The van der Waals surface area contributed by atoms with Gasteiger partial charge >= 0.3 is 0 Å². The number of thiazole rings is 1. The zero-order valence-electron chi connectivity index (χ0n) is 12.7. The van der Waals surface area contributed by atoms with E-state index in [1.54, 1.807) is 22.2 Å². The second kappa shape index (κ2) is 5.50. The quantitative estimate of drug-likeness (QED) is 0.875. The summed E-state index contributed by atoms with van der Waals surface area (Å²) in [6.07, 6.45) is 8.30. The van der Waals surface area contributed by atoms with E-state index < -0.39 is 0 Å². The van der Waals surface area contributed by atoms with Gasteiger partial charge in [-0.2, -0.15) is 5.10 Å². The van der Waals surface area contributed by atoms with E-state index in [4.69, 9.17) is 0 Å².